The summed E-state index contributed by atoms with van der Waals surface area (Å²) in [4.78, 5) is 20.9. The number of Topliss-reactive ketones (excluding diaryl/α,β-unsaturated/α-hetero) is 1. The number of phenolic OH excluding ortho intramolecular Hbond substituents is 1. The van der Waals surface area contributed by atoms with Gasteiger partial charge in [-0.3, -0.25) is 14.9 Å². The molecule has 0 spiro atoms. The molecular formula is C9H8BrNO4. The van der Waals surface area contributed by atoms with Gasteiger partial charge in [0.1, 0.15) is 5.75 Å². The molecule has 0 radical (unpaired) electrons. The van der Waals surface area contributed by atoms with Gasteiger partial charge in [-0.05, 0) is 13.0 Å². The first-order valence-electron chi connectivity index (χ1n) is 4.09. The molecule has 0 bridgehead atoms. The van der Waals surface area contributed by atoms with Crippen molar-refractivity contribution >= 4 is 27.4 Å². The van der Waals surface area contributed by atoms with Crippen LogP contribution in [0.25, 0.3) is 0 Å². The normalized spacial score (nSPS) is 12.1. The number of nitro groups is 1. The second-order valence-electron chi connectivity index (χ2n) is 2.94. The second-order valence-corrected chi connectivity index (χ2v) is 4.31. The summed E-state index contributed by atoms with van der Waals surface area (Å²) in [5.41, 5.74) is -0.266. The first-order chi connectivity index (χ1) is 6.93. The van der Waals surface area contributed by atoms with Crippen molar-refractivity contribution < 1.29 is 14.8 Å². The minimum atomic E-state index is -0.616. The molecule has 1 atom stereocenters. The molecule has 6 heteroatoms. The van der Waals surface area contributed by atoms with E-state index in [2.05, 4.69) is 15.9 Å². The van der Waals surface area contributed by atoms with Gasteiger partial charge >= 0.3 is 0 Å². The average Bonchev–Trinajstić information content (AvgIpc) is 2.16. The van der Waals surface area contributed by atoms with E-state index in [1.165, 1.54) is 0 Å². The molecule has 1 rings (SSSR count). The zero-order chi connectivity index (χ0) is 11.6. The Kier molecular flexibility index (Phi) is 3.41. The van der Waals surface area contributed by atoms with Crippen LogP contribution in [0.5, 0.6) is 5.75 Å². The van der Waals surface area contributed by atoms with Gasteiger partial charge in [-0.15, -0.1) is 0 Å². The van der Waals surface area contributed by atoms with Gasteiger partial charge in [0, 0.05) is 12.1 Å². The average molecular weight is 274 g/mol. The quantitative estimate of drug-likeness (QED) is 0.397. The smallest absolute Gasteiger partial charge is 0.270 e. The van der Waals surface area contributed by atoms with Gasteiger partial charge in [0.25, 0.3) is 5.69 Å². The molecule has 80 valence electrons. The monoisotopic (exact) mass is 273 g/mol. The van der Waals surface area contributed by atoms with Crippen LogP contribution in [-0.4, -0.2) is 20.6 Å². The molecule has 1 aromatic carbocycles. The van der Waals surface area contributed by atoms with Crippen molar-refractivity contribution in [2.75, 3.05) is 0 Å². The van der Waals surface area contributed by atoms with Crippen LogP contribution in [0, 0.1) is 10.1 Å². The highest BCUT2D eigenvalue weighted by molar-refractivity contribution is 9.10. The largest absolute Gasteiger partial charge is 0.507 e. The number of benzene rings is 1. The predicted molar refractivity (Wildman–Crippen MR) is 57.5 cm³/mol. The van der Waals surface area contributed by atoms with E-state index in [1.54, 1.807) is 6.92 Å². The summed E-state index contributed by atoms with van der Waals surface area (Å²) in [6, 6.07) is 3.35. The molecule has 15 heavy (non-hydrogen) atoms. The highest BCUT2D eigenvalue weighted by Gasteiger charge is 2.19. The molecule has 5 nitrogen and oxygen atoms in total. The van der Waals surface area contributed by atoms with E-state index in [9.17, 15) is 20.0 Å². The number of hydrogen-bond donors (Lipinski definition) is 1. The summed E-state index contributed by atoms with van der Waals surface area (Å²) >= 11 is 3.04. The van der Waals surface area contributed by atoms with Crippen molar-refractivity contribution in [1.82, 2.24) is 0 Å². The summed E-state index contributed by atoms with van der Waals surface area (Å²) in [6.45, 7) is 1.58. The van der Waals surface area contributed by atoms with Crippen LogP contribution >= 0.6 is 15.9 Å². The summed E-state index contributed by atoms with van der Waals surface area (Å²) in [7, 11) is 0. The number of alkyl halides is 1. The van der Waals surface area contributed by atoms with Crippen LogP contribution in [0.2, 0.25) is 0 Å². The topological polar surface area (TPSA) is 80.4 Å². The van der Waals surface area contributed by atoms with E-state index in [4.69, 9.17) is 0 Å². The fourth-order valence-electron chi connectivity index (χ4n) is 1.05. The maximum absolute atomic E-state index is 11.5. The number of carbonyl (C=O) groups is 1. The van der Waals surface area contributed by atoms with E-state index >= 15 is 0 Å². The number of nitro benzene ring substituents is 1. The molecule has 0 aliphatic rings. The number of non-ortho nitro benzene ring substituents is 1. The molecule has 0 saturated carbocycles. The van der Waals surface area contributed by atoms with Gasteiger partial charge in [-0.2, -0.15) is 0 Å². The van der Waals surface area contributed by atoms with Crippen LogP contribution < -0.4 is 0 Å². The highest BCUT2D eigenvalue weighted by atomic mass is 79.9. The number of nitrogens with zero attached hydrogens (tertiary/aromatic N) is 1. The predicted octanol–water partition coefficient (Wildman–Crippen LogP) is 2.27. The van der Waals surface area contributed by atoms with Crippen LogP contribution in [0.4, 0.5) is 5.69 Å². The molecule has 0 saturated heterocycles. The Morgan fingerprint density at radius 2 is 2.20 bits per heavy atom. The van der Waals surface area contributed by atoms with Crippen molar-refractivity contribution in [3.8, 4) is 5.75 Å². The zero-order valence-corrected chi connectivity index (χ0v) is 9.39. The van der Waals surface area contributed by atoms with Gasteiger partial charge in [0.05, 0.1) is 15.3 Å². The van der Waals surface area contributed by atoms with Crippen LogP contribution in [0.1, 0.15) is 17.3 Å². The SMILES string of the molecule is CC(Br)C(=O)c1cc([N+](=O)[O-])ccc1O. The number of ketones is 1. The minimum Gasteiger partial charge on any atom is -0.507 e. The molecule has 0 aliphatic heterocycles. The van der Waals surface area contributed by atoms with Crippen LogP contribution in [-0.2, 0) is 0 Å². The fraction of sp³-hybridized carbons (Fsp3) is 0.222. The number of phenols is 1. The first kappa shape index (κ1) is 11.6. The summed E-state index contributed by atoms with van der Waals surface area (Å²) < 4.78 is 0. The Morgan fingerprint density at radius 3 is 2.67 bits per heavy atom. The summed E-state index contributed by atoms with van der Waals surface area (Å²) in [5, 5.41) is 19.8. The molecule has 0 amide bonds. The Bertz CT molecular complexity index is 417. The molecule has 0 aromatic heterocycles. The lowest BCUT2D eigenvalue weighted by molar-refractivity contribution is -0.384. The third kappa shape index (κ3) is 2.53. The molecule has 1 aromatic rings. The molecule has 1 N–H and O–H groups in total. The van der Waals surface area contributed by atoms with E-state index < -0.39 is 15.5 Å². The lowest BCUT2D eigenvalue weighted by Crippen LogP contribution is -2.10. The summed E-state index contributed by atoms with van der Waals surface area (Å²) in [5.74, 6) is -0.645. The van der Waals surface area contributed by atoms with Crippen molar-refractivity contribution in [2.24, 2.45) is 0 Å². The summed E-state index contributed by atoms with van der Waals surface area (Å²) in [6.07, 6.45) is 0. The maximum Gasteiger partial charge on any atom is 0.270 e. The first-order valence-corrected chi connectivity index (χ1v) is 5.00. The number of carbonyl (C=O) groups excluding carboxylic acids is 1. The minimum absolute atomic E-state index is 0.0476. The number of hydrogen-bond acceptors (Lipinski definition) is 4. The Labute approximate surface area is 94.0 Å². The van der Waals surface area contributed by atoms with Gasteiger partial charge < -0.3 is 5.11 Å². The lowest BCUT2D eigenvalue weighted by Gasteiger charge is -2.04. The standard InChI is InChI=1S/C9H8BrNO4/c1-5(10)9(13)7-4-6(11(14)15)2-3-8(7)12/h2-5,12H,1H3. The molecular weight excluding hydrogens is 266 g/mol. The molecule has 1 unspecified atom stereocenters. The maximum atomic E-state index is 11.5. The fourth-order valence-corrected chi connectivity index (χ4v) is 1.30. The van der Waals surface area contributed by atoms with Gasteiger partial charge in [-0.25, -0.2) is 0 Å². The van der Waals surface area contributed by atoms with Gasteiger partial charge in [0.2, 0.25) is 0 Å². The van der Waals surface area contributed by atoms with Gasteiger partial charge in [0.15, 0.2) is 5.78 Å². The van der Waals surface area contributed by atoms with E-state index in [0.29, 0.717) is 0 Å². The molecule has 0 fully saturated rings. The second kappa shape index (κ2) is 4.39. The van der Waals surface area contributed by atoms with E-state index in [-0.39, 0.29) is 17.0 Å². The third-order valence-corrected chi connectivity index (χ3v) is 2.23. The Morgan fingerprint density at radius 1 is 1.60 bits per heavy atom. The Balaban J connectivity index is 3.22. The van der Waals surface area contributed by atoms with Gasteiger partial charge in [-0.1, -0.05) is 15.9 Å². The number of rotatable bonds is 3. The van der Waals surface area contributed by atoms with Crippen molar-refractivity contribution in [2.45, 2.75) is 11.8 Å². The Hall–Kier alpha value is -1.43. The van der Waals surface area contributed by atoms with Crippen LogP contribution in [0.3, 0.4) is 0 Å². The zero-order valence-electron chi connectivity index (χ0n) is 7.81. The van der Waals surface area contributed by atoms with E-state index in [0.717, 1.165) is 18.2 Å². The molecule has 0 aliphatic carbocycles. The number of halogens is 1. The number of aromatic hydroxyl groups is 1. The van der Waals surface area contributed by atoms with E-state index in [1.807, 2.05) is 0 Å². The van der Waals surface area contributed by atoms with Crippen molar-refractivity contribution in [3.63, 3.8) is 0 Å². The third-order valence-electron chi connectivity index (χ3n) is 1.82. The van der Waals surface area contributed by atoms with Crippen molar-refractivity contribution in [1.29, 1.82) is 0 Å². The van der Waals surface area contributed by atoms with Crippen molar-refractivity contribution in [3.05, 3.63) is 33.9 Å². The van der Waals surface area contributed by atoms with Crippen LogP contribution in [0.15, 0.2) is 18.2 Å². The molecule has 0 heterocycles. The highest BCUT2D eigenvalue weighted by Crippen LogP contribution is 2.25. The lowest BCUT2D eigenvalue weighted by atomic mass is 10.1.